The molecule has 0 bridgehead atoms. The number of methoxy groups -OCH3 is 1. The number of nitrogens with zero attached hydrogens (tertiary/aromatic N) is 2. The number of hydrogen-bond acceptors (Lipinski definition) is 5. The molecule has 0 saturated carbocycles. The summed E-state index contributed by atoms with van der Waals surface area (Å²) in [5.41, 5.74) is 2.36. The molecule has 2 heterocycles. The molecule has 7 heteroatoms. The van der Waals surface area contributed by atoms with E-state index in [1.54, 1.807) is 42.7 Å². The number of benzene rings is 2. The van der Waals surface area contributed by atoms with E-state index >= 15 is 0 Å². The van der Waals surface area contributed by atoms with E-state index in [-0.39, 0.29) is 24.4 Å². The van der Waals surface area contributed by atoms with Crippen LogP contribution < -0.4 is 10.1 Å². The second-order valence-corrected chi connectivity index (χ2v) is 7.75. The van der Waals surface area contributed by atoms with Crippen molar-refractivity contribution in [1.82, 2.24) is 10.3 Å². The average Bonchev–Trinajstić information content (AvgIpc) is 3.48. The summed E-state index contributed by atoms with van der Waals surface area (Å²) in [6, 6.07) is 20.4. The lowest BCUT2D eigenvalue weighted by Crippen LogP contribution is -2.38. The summed E-state index contributed by atoms with van der Waals surface area (Å²) in [5, 5.41) is 10.8. The molecule has 1 N–H and O–H groups in total. The molecule has 2 aromatic carbocycles. The first-order chi connectivity index (χ1) is 14.7. The first kappa shape index (κ1) is 19.8. The lowest BCUT2D eigenvalue weighted by atomic mass is 10.0. The summed E-state index contributed by atoms with van der Waals surface area (Å²) in [6.45, 7) is -0.130. The van der Waals surface area contributed by atoms with E-state index in [1.165, 1.54) is 5.01 Å². The first-order valence-electron chi connectivity index (χ1n) is 9.56. The van der Waals surface area contributed by atoms with Crippen molar-refractivity contribution in [3.8, 4) is 5.75 Å². The smallest absolute Gasteiger partial charge is 0.262 e. The Labute approximate surface area is 178 Å². The zero-order valence-electron chi connectivity index (χ0n) is 16.4. The fourth-order valence-electron chi connectivity index (χ4n) is 3.35. The van der Waals surface area contributed by atoms with Gasteiger partial charge >= 0.3 is 0 Å². The van der Waals surface area contributed by atoms with Crippen molar-refractivity contribution in [2.45, 2.75) is 12.5 Å². The van der Waals surface area contributed by atoms with Gasteiger partial charge in [-0.15, -0.1) is 11.3 Å². The normalized spacial score (nSPS) is 15.6. The van der Waals surface area contributed by atoms with Crippen LogP contribution in [0, 0.1) is 0 Å². The Bertz CT molecular complexity index is 1050. The van der Waals surface area contributed by atoms with Crippen LogP contribution in [0.4, 0.5) is 0 Å². The molecule has 4 rings (SSSR count). The van der Waals surface area contributed by atoms with E-state index in [4.69, 9.17) is 4.74 Å². The number of carbonyl (C=O) groups excluding carboxylic acids is 2. The molecule has 0 saturated heterocycles. The topological polar surface area (TPSA) is 71.0 Å². The molecule has 0 spiro atoms. The zero-order chi connectivity index (χ0) is 20.9. The minimum Gasteiger partial charge on any atom is -0.497 e. The van der Waals surface area contributed by atoms with Crippen LogP contribution in [0.2, 0.25) is 0 Å². The van der Waals surface area contributed by atoms with Gasteiger partial charge in [0.15, 0.2) is 0 Å². The zero-order valence-corrected chi connectivity index (χ0v) is 17.3. The van der Waals surface area contributed by atoms with Gasteiger partial charge < -0.3 is 10.1 Å². The second kappa shape index (κ2) is 8.92. The van der Waals surface area contributed by atoms with Crippen molar-refractivity contribution in [3.05, 3.63) is 88.1 Å². The van der Waals surface area contributed by atoms with Gasteiger partial charge in [-0.3, -0.25) is 9.59 Å². The quantitative estimate of drug-likeness (QED) is 0.659. The number of carbonyl (C=O) groups is 2. The van der Waals surface area contributed by atoms with Gasteiger partial charge in [-0.1, -0.05) is 36.4 Å². The van der Waals surface area contributed by atoms with Crippen molar-refractivity contribution < 1.29 is 14.3 Å². The third-order valence-corrected chi connectivity index (χ3v) is 5.83. The van der Waals surface area contributed by atoms with E-state index < -0.39 is 0 Å². The largest absolute Gasteiger partial charge is 0.497 e. The lowest BCUT2D eigenvalue weighted by Gasteiger charge is -2.22. The predicted molar refractivity (Wildman–Crippen MR) is 117 cm³/mol. The van der Waals surface area contributed by atoms with Crippen LogP contribution in [0.5, 0.6) is 5.75 Å². The van der Waals surface area contributed by atoms with Crippen molar-refractivity contribution in [2.75, 3.05) is 13.7 Å². The van der Waals surface area contributed by atoms with Gasteiger partial charge in [0, 0.05) is 12.0 Å². The van der Waals surface area contributed by atoms with Crippen LogP contribution in [0.15, 0.2) is 77.2 Å². The molecule has 1 atom stereocenters. The van der Waals surface area contributed by atoms with E-state index in [0.717, 1.165) is 16.2 Å². The van der Waals surface area contributed by atoms with Crippen molar-refractivity contribution in [3.63, 3.8) is 0 Å². The maximum absolute atomic E-state index is 13.0. The summed E-state index contributed by atoms with van der Waals surface area (Å²) in [5.74, 6) is 0.0991. The van der Waals surface area contributed by atoms with Gasteiger partial charge in [0.1, 0.15) is 5.75 Å². The Morgan fingerprint density at radius 2 is 1.87 bits per heavy atom. The molecule has 3 aromatic rings. The number of rotatable bonds is 6. The Morgan fingerprint density at radius 1 is 1.10 bits per heavy atom. The van der Waals surface area contributed by atoms with E-state index in [2.05, 4.69) is 10.4 Å². The fourth-order valence-corrected chi connectivity index (χ4v) is 4.07. The molecule has 2 amide bonds. The van der Waals surface area contributed by atoms with Gasteiger partial charge in [0.25, 0.3) is 11.8 Å². The molecule has 1 aliphatic heterocycles. The molecule has 0 fully saturated rings. The number of hydrogen-bond donors (Lipinski definition) is 1. The third-order valence-electron chi connectivity index (χ3n) is 4.91. The molecule has 1 aliphatic rings. The first-order valence-corrected chi connectivity index (χ1v) is 10.4. The second-order valence-electron chi connectivity index (χ2n) is 6.80. The number of nitrogens with one attached hydrogen (secondary N) is 1. The molecule has 1 aromatic heterocycles. The van der Waals surface area contributed by atoms with E-state index in [1.807, 2.05) is 47.8 Å². The number of hydrazone groups is 1. The maximum atomic E-state index is 13.0. The summed E-state index contributed by atoms with van der Waals surface area (Å²) in [6.07, 6.45) is 0.642. The molecule has 30 heavy (non-hydrogen) atoms. The SMILES string of the molecule is COc1ccc(C(=O)NCC(=O)N2N=C(c3cccs3)C[C@H]2c2ccccc2)cc1. The van der Waals surface area contributed by atoms with E-state index in [9.17, 15) is 9.59 Å². The monoisotopic (exact) mass is 419 g/mol. The van der Waals surface area contributed by atoms with Gasteiger partial charge in [-0.25, -0.2) is 5.01 Å². The van der Waals surface area contributed by atoms with Gasteiger partial charge in [-0.2, -0.15) is 5.10 Å². The number of thiophene rings is 1. The van der Waals surface area contributed by atoms with Crippen LogP contribution in [0.1, 0.15) is 33.3 Å². The highest BCUT2D eigenvalue weighted by Crippen LogP contribution is 2.33. The molecular formula is C23H21N3O3S. The van der Waals surface area contributed by atoms with Crippen LogP contribution in [-0.4, -0.2) is 36.2 Å². The summed E-state index contributed by atoms with van der Waals surface area (Å²) in [7, 11) is 1.57. The minimum absolute atomic E-state index is 0.130. The highest BCUT2D eigenvalue weighted by Gasteiger charge is 2.33. The molecular weight excluding hydrogens is 398 g/mol. The molecule has 6 nitrogen and oxygen atoms in total. The number of amides is 2. The van der Waals surface area contributed by atoms with Crippen molar-refractivity contribution in [2.24, 2.45) is 5.10 Å². The number of ether oxygens (including phenoxy) is 1. The standard InChI is InChI=1S/C23H21N3O3S/c1-29-18-11-9-17(10-12-18)23(28)24-15-22(27)26-20(16-6-3-2-4-7-16)14-19(25-26)21-8-5-13-30-21/h2-13,20H,14-15H2,1H3,(H,24,28)/t20-/m0/s1. The Kier molecular flexibility index (Phi) is 5.90. The third kappa shape index (κ3) is 4.26. The van der Waals surface area contributed by atoms with Crippen LogP contribution >= 0.6 is 11.3 Å². The molecule has 0 aliphatic carbocycles. The molecule has 0 unspecified atom stereocenters. The molecule has 152 valence electrons. The highest BCUT2D eigenvalue weighted by molar-refractivity contribution is 7.12. The molecule has 0 radical (unpaired) electrons. The average molecular weight is 420 g/mol. The fraction of sp³-hybridized carbons (Fsp3) is 0.174. The summed E-state index contributed by atoms with van der Waals surface area (Å²) < 4.78 is 5.10. The van der Waals surface area contributed by atoms with Crippen molar-refractivity contribution >= 4 is 28.9 Å². The van der Waals surface area contributed by atoms with Gasteiger partial charge in [0.05, 0.1) is 30.3 Å². The summed E-state index contributed by atoms with van der Waals surface area (Å²) in [4.78, 5) is 26.4. The summed E-state index contributed by atoms with van der Waals surface area (Å²) >= 11 is 1.60. The predicted octanol–water partition coefficient (Wildman–Crippen LogP) is 3.86. The Balaban J connectivity index is 1.48. The van der Waals surface area contributed by atoms with Gasteiger partial charge in [-0.05, 0) is 41.3 Å². The van der Waals surface area contributed by atoms with Crippen LogP contribution in [-0.2, 0) is 4.79 Å². The maximum Gasteiger partial charge on any atom is 0.262 e. The van der Waals surface area contributed by atoms with Gasteiger partial charge in [0.2, 0.25) is 0 Å². The van der Waals surface area contributed by atoms with Crippen molar-refractivity contribution in [1.29, 1.82) is 0 Å². The van der Waals surface area contributed by atoms with Crippen LogP contribution in [0.3, 0.4) is 0 Å². The van der Waals surface area contributed by atoms with Crippen LogP contribution in [0.25, 0.3) is 0 Å². The Hall–Kier alpha value is -3.45. The van der Waals surface area contributed by atoms with E-state index in [0.29, 0.717) is 17.7 Å². The lowest BCUT2D eigenvalue weighted by molar-refractivity contribution is -0.131. The Morgan fingerprint density at radius 3 is 2.53 bits per heavy atom. The minimum atomic E-state index is -0.316. The highest BCUT2D eigenvalue weighted by atomic mass is 32.1.